The van der Waals surface area contributed by atoms with Crippen molar-refractivity contribution in [3.63, 3.8) is 0 Å². The Morgan fingerprint density at radius 3 is 3.00 bits per heavy atom. The second-order valence-electron chi connectivity index (χ2n) is 4.98. The van der Waals surface area contributed by atoms with Crippen molar-refractivity contribution >= 4 is 6.09 Å². The van der Waals surface area contributed by atoms with Crippen molar-refractivity contribution in [2.24, 2.45) is 0 Å². The molecule has 102 valence electrons. The van der Waals surface area contributed by atoms with Crippen LogP contribution in [0.4, 0.5) is 4.79 Å². The Bertz CT molecular complexity index is 443. The van der Waals surface area contributed by atoms with Crippen LogP contribution in [0.1, 0.15) is 12.0 Å². The number of nitrogens with one attached hydrogen (secondary N) is 1. The summed E-state index contributed by atoms with van der Waals surface area (Å²) in [4.78, 5) is 13.7. The van der Waals surface area contributed by atoms with Crippen LogP contribution in [0.2, 0.25) is 0 Å². The fourth-order valence-corrected chi connectivity index (χ4v) is 2.59. The highest BCUT2D eigenvalue weighted by atomic mass is 16.6. The first-order chi connectivity index (χ1) is 9.27. The van der Waals surface area contributed by atoms with E-state index in [4.69, 9.17) is 9.47 Å². The lowest BCUT2D eigenvalue weighted by Gasteiger charge is -2.23. The summed E-state index contributed by atoms with van der Waals surface area (Å²) < 4.78 is 11.0. The Morgan fingerprint density at radius 2 is 2.26 bits per heavy atom. The van der Waals surface area contributed by atoms with Crippen LogP contribution in [0.15, 0.2) is 30.3 Å². The molecule has 2 aliphatic rings. The van der Waals surface area contributed by atoms with Gasteiger partial charge in [-0.2, -0.15) is 0 Å². The molecule has 2 fully saturated rings. The molecule has 5 heteroatoms. The summed E-state index contributed by atoms with van der Waals surface area (Å²) in [6.45, 7) is 3.14. The molecule has 0 bridgehead atoms. The molecule has 0 aromatic heterocycles. The number of nitrogens with zero attached hydrogens (tertiary/aromatic N) is 1. The molecule has 0 aliphatic carbocycles. The fraction of sp³-hybridized carbons (Fsp3) is 0.500. The lowest BCUT2D eigenvalue weighted by atomic mass is 10.2. The maximum absolute atomic E-state index is 12.0. The maximum Gasteiger partial charge on any atom is 0.410 e. The normalized spacial score (nSPS) is 26.0. The Labute approximate surface area is 112 Å². The lowest BCUT2D eigenvalue weighted by Crippen LogP contribution is -2.44. The van der Waals surface area contributed by atoms with Crippen molar-refractivity contribution in [1.29, 1.82) is 0 Å². The van der Waals surface area contributed by atoms with Crippen molar-refractivity contribution in [2.75, 3.05) is 26.2 Å². The molecule has 0 radical (unpaired) electrons. The molecule has 5 nitrogen and oxygen atoms in total. The third-order valence-electron chi connectivity index (χ3n) is 3.62. The molecule has 1 atom stereocenters. The van der Waals surface area contributed by atoms with E-state index in [9.17, 15) is 4.79 Å². The van der Waals surface area contributed by atoms with E-state index in [-0.39, 0.29) is 11.8 Å². The molecule has 1 unspecified atom stereocenters. The summed E-state index contributed by atoms with van der Waals surface area (Å²) in [5.41, 5.74) is 0.672. The van der Waals surface area contributed by atoms with E-state index < -0.39 is 0 Å². The van der Waals surface area contributed by atoms with Crippen LogP contribution in [-0.4, -0.2) is 43.0 Å². The predicted molar refractivity (Wildman–Crippen MR) is 69.5 cm³/mol. The monoisotopic (exact) mass is 262 g/mol. The summed E-state index contributed by atoms with van der Waals surface area (Å²) in [5.74, 6) is 0. The highest BCUT2D eigenvalue weighted by molar-refractivity contribution is 5.68. The van der Waals surface area contributed by atoms with E-state index in [1.54, 1.807) is 4.90 Å². The number of amides is 1. The molecule has 1 aromatic rings. The topological polar surface area (TPSA) is 50.8 Å². The average molecular weight is 262 g/mol. The molecular weight excluding hydrogens is 244 g/mol. The van der Waals surface area contributed by atoms with Crippen molar-refractivity contribution in [3.05, 3.63) is 35.9 Å². The van der Waals surface area contributed by atoms with Gasteiger partial charge in [-0.25, -0.2) is 4.79 Å². The first kappa shape index (κ1) is 12.4. The van der Waals surface area contributed by atoms with Crippen LogP contribution in [0.5, 0.6) is 0 Å². The maximum atomic E-state index is 12.0. The molecule has 2 heterocycles. The van der Waals surface area contributed by atoms with Gasteiger partial charge in [-0.1, -0.05) is 30.3 Å². The quantitative estimate of drug-likeness (QED) is 0.874. The molecule has 1 amide bonds. The van der Waals surface area contributed by atoms with Crippen molar-refractivity contribution in [3.8, 4) is 0 Å². The van der Waals surface area contributed by atoms with E-state index in [0.29, 0.717) is 26.3 Å². The molecule has 1 spiro atoms. The largest absolute Gasteiger partial charge is 0.445 e. The van der Waals surface area contributed by atoms with E-state index in [1.165, 1.54) is 0 Å². The zero-order valence-electron chi connectivity index (χ0n) is 10.8. The van der Waals surface area contributed by atoms with Gasteiger partial charge in [0.1, 0.15) is 12.3 Å². The van der Waals surface area contributed by atoms with Crippen LogP contribution in [-0.2, 0) is 16.1 Å². The van der Waals surface area contributed by atoms with Gasteiger partial charge in [0.15, 0.2) is 0 Å². The Balaban J connectivity index is 1.51. The van der Waals surface area contributed by atoms with Gasteiger partial charge in [-0.05, 0) is 5.56 Å². The molecule has 0 saturated carbocycles. The van der Waals surface area contributed by atoms with Crippen molar-refractivity contribution < 1.29 is 14.3 Å². The Hall–Kier alpha value is -1.59. The van der Waals surface area contributed by atoms with Crippen LogP contribution in [0.25, 0.3) is 0 Å². The van der Waals surface area contributed by atoms with Crippen molar-refractivity contribution in [1.82, 2.24) is 10.2 Å². The minimum atomic E-state index is -0.328. The smallest absolute Gasteiger partial charge is 0.410 e. The van der Waals surface area contributed by atoms with Crippen LogP contribution < -0.4 is 5.32 Å². The first-order valence-electron chi connectivity index (χ1n) is 6.62. The van der Waals surface area contributed by atoms with Crippen LogP contribution >= 0.6 is 0 Å². The first-order valence-corrected chi connectivity index (χ1v) is 6.62. The number of rotatable bonds is 2. The number of ether oxygens (including phenoxy) is 2. The number of likely N-dealkylation sites (tertiary alicyclic amines) is 1. The number of carbonyl (C=O) groups is 1. The van der Waals surface area contributed by atoms with E-state index >= 15 is 0 Å². The summed E-state index contributed by atoms with van der Waals surface area (Å²) in [7, 11) is 0. The third-order valence-corrected chi connectivity index (χ3v) is 3.62. The third kappa shape index (κ3) is 2.72. The molecule has 2 aliphatic heterocycles. The van der Waals surface area contributed by atoms with E-state index in [1.807, 2.05) is 30.3 Å². The standard InChI is InChI=1S/C14H18N2O3/c17-13(18-10-12-4-2-1-3-5-12)16-8-6-14(11-16)15-7-9-19-14/h1-5,15H,6-11H2. The molecule has 1 aromatic carbocycles. The van der Waals surface area contributed by atoms with Crippen LogP contribution in [0.3, 0.4) is 0 Å². The summed E-state index contributed by atoms with van der Waals surface area (Å²) in [5, 5.41) is 3.32. The number of hydrogen-bond donors (Lipinski definition) is 1. The molecular formula is C14H18N2O3. The van der Waals surface area contributed by atoms with Crippen molar-refractivity contribution in [2.45, 2.75) is 18.8 Å². The summed E-state index contributed by atoms with van der Waals surface area (Å²) in [6, 6.07) is 9.70. The Morgan fingerprint density at radius 1 is 1.42 bits per heavy atom. The van der Waals surface area contributed by atoms with Gasteiger partial charge in [0, 0.05) is 19.5 Å². The second-order valence-corrected chi connectivity index (χ2v) is 4.98. The highest BCUT2D eigenvalue weighted by Gasteiger charge is 2.43. The molecule has 3 rings (SSSR count). The zero-order valence-corrected chi connectivity index (χ0v) is 10.8. The zero-order chi connectivity index (χ0) is 13.1. The highest BCUT2D eigenvalue weighted by Crippen LogP contribution is 2.26. The van der Waals surface area contributed by atoms with Gasteiger partial charge >= 0.3 is 6.09 Å². The van der Waals surface area contributed by atoms with E-state index in [0.717, 1.165) is 18.5 Å². The minimum Gasteiger partial charge on any atom is -0.445 e. The number of benzene rings is 1. The second kappa shape index (κ2) is 5.19. The van der Waals surface area contributed by atoms with Gasteiger partial charge in [-0.15, -0.1) is 0 Å². The van der Waals surface area contributed by atoms with Crippen LogP contribution in [0, 0.1) is 0 Å². The number of carbonyl (C=O) groups excluding carboxylic acids is 1. The van der Waals surface area contributed by atoms with Gasteiger partial charge < -0.3 is 14.4 Å². The van der Waals surface area contributed by atoms with Gasteiger partial charge in [0.05, 0.1) is 13.2 Å². The summed E-state index contributed by atoms with van der Waals surface area (Å²) >= 11 is 0. The molecule has 19 heavy (non-hydrogen) atoms. The van der Waals surface area contributed by atoms with Gasteiger partial charge in [0.25, 0.3) is 0 Å². The fourth-order valence-electron chi connectivity index (χ4n) is 2.59. The Kier molecular flexibility index (Phi) is 3.40. The molecule has 1 N–H and O–H groups in total. The lowest BCUT2D eigenvalue weighted by molar-refractivity contribution is -0.00176. The average Bonchev–Trinajstić information content (AvgIpc) is 3.08. The number of hydrogen-bond acceptors (Lipinski definition) is 4. The minimum absolute atomic E-state index is 0.266. The van der Waals surface area contributed by atoms with Gasteiger partial charge in [0.2, 0.25) is 0 Å². The van der Waals surface area contributed by atoms with Gasteiger partial charge in [-0.3, -0.25) is 5.32 Å². The summed E-state index contributed by atoms with van der Waals surface area (Å²) in [6.07, 6.45) is 0.561. The van der Waals surface area contributed by atoms with E-state index in [2.05, 4.69) is 5.32 Å². The predicted octanol–water partition coefficient (Wildman–Crippen LogP) is 1.34. The SMILES string of the molecule is O=C(OCc1ccccc1)N1CCC2(C1)NCCO2. The molecule has 2 saturated heterocycles.